The molecule has 104 valence electrons. The number of carbonyl (C=O) groups is 2. The van der Waals surface area contributed by atoms with Crippen LogP contribution in [0.1, 0.15) is 16.6 Å². The summed E-state index contributed by atoms with van der Waals surface area (Å²) >= 11 is 1.30. The first kappa shape index (κ1) is 14.2. The van der Waals surface area contributed by atoms with Crippen LogP contribution in [-0.2, 0) is 4.79 Å². The fourth-order valence-corrected chi connectivity index (χ4v) is 2.18. The van der Waals surface area contributed by atoms with E-state index in [1.807, 2.05) is 0 Å². The zero-order valence-corrected chi connectivity index (χ0v) is 11.5. The number of nitrogens with one attached hydrogen (secondary N) is 2. The van der Waals surface area contributed by atoms with Gasteiger partial charge in [0, 0.05) is 5.69 Å². The number of carbonyl (C=O) groups excluding carboxylic acids is 2. The third-order valence-electron chi connectivity index (χ3n) is 2.58. The molecule has 2 N–H and O–H groups in total. The summed E-state index contributed by atoms with van der Waals surface area (Å²) in [5.74, 6) is -1.14. The maximum absolute atomic E-state index is 13.0. The van der Waals surface area contributed by atoms with Crippen LogP contribution in [0.4, 0.5) is 10.1 Å². The van der Waals surface area contributed by atoms with Gasteiger partial charge in [0.25, 0.3) is 5.91 Å². The van der Waals surface area contributed by atoms with Gasteiger partial charge in [0.2, 0.25) is 5.91 Å². The van der Waals surface area contributed by atoms with E-state index < -0.39 is 17.8 Å². The summed E-state index contributed by atoms with van der Waals surface area (Å²) in [6.07, 6.45) is 0. The second-order valence-corrected chi connectivity index (χ2v) is 5.12. The van der Waals surface area contributed by atoms with Gasteiger partial charge >= 0.3 is 0 Å². The van der Waals surface area contributed by atoms with Crippen LogP contribution in [0, 0.1) is 5.82 Å². The quantitative estimate of drug-likeness (QED) is 0.910. The fourth-order valence-electron chi connectivity index (χ4n) is 1.56. The molecule has 2 aromatic rings. The van der Waals surface area contributed by atoms with Crippen LogP contribution in [0.5, 0.6) is 0 Å². The van der Waals surface area contributed by atoms with E-state index in [2.05, 4.69) is 10.6 Å². The predicted octanol–water partition coefficient (Wildman–Crippen LogP) is 2.64. The van der Waals surface area contributed by atoms with Gasteiger partial charge < -0.3 is 10.6 Å². The van der Waals surface area contributed by atoms with Gasteiger partial charge in [-0.05, 0) is 36.6 Å². The standard InChI is InChI=1S/C14H13FN2O2S/c1-9(16-14(19)12-6-3-7-20-12)13(18)17-11-5-2-4-10(15)8-11/h2-9H,1H3,(H,16,19)(H,17,18)/t9-/m0/s1. The van der Waals surface area contributed by atoms with Crippen molar-refractivity contribution in [1.29, 1.82) is 0 Å². The molecule has 0 fully saturated rings. The molecule has 0 saturated carbocycles. The van der Waals surface area contributed by atoms with Gasteiger partial charge in [0.15, 0.2) is 0 Å². The summed E-state index contributed by atoms with van der Waals surface area (Å²) in [5.41, 5.74) is 0.354. The van der Waals surface area contributed by atoms with Crippen LogP contribution in [-0.4, -0.2) is 17.9 Å². The lowest BCUT2D eigenvalue weighted by molar-refractivity contribution is -0.117. The highest BCUT2D eigenvalue weighted by Crippen LogP contribution is 2.10. The Hall–Kier alpha value is -2.21. The molecule has 0 spiro atoms. The Kier molecular flexibility index (Phi) is 4.47. The first-order chi connectivity index (χ1) is 9.56. The van der Waals surface area contributed by atoms with Crippen molar-refractivity contribution in [3.8, 4) is 0 Å². The third-order valence-corrected chi connectivity index (χ3v) is 3.45. The maximum atomic E-state index is 13.0. The minimum atomic E-state index is -0.715. The lowest BCUT2D eigenvalue weighted by Gasteiger charge is -2.13. The van der Waals surface area contributed by atoms with E-state index in [4.69, 9.17) is 0 Å². The molecule has 0 saturated heterocycles. The molecule has 1 atom stereocenters. The molecule has 4 nitrogen and oxygen atoms in total. The van der Waals surface area contributed by atoms with Crippen molar-refractivity contribution in [1.82, 2.24) is 5.32 Å². The van der Waals surface area contributed by atoms with E-state index >= 15 is 0 Å². The molecule has 0 aliphatic carbocycles. The van der Waals surface area contributed by atoms with Crippen molar-refractivity contribution in [2.45, 2.75) is 13.0 Å². The minimum absolute atomic E-state index is 0.304. The Bertz CT molecular complexity index is 613. The molecular weight excluding hydrogens is 279 g/mol. The Morgan fingerprint density at radius 3 is 2.70 bits per heavy atom. The normalized spacial score (nSPS) is 11.7. The zero-order chi connectivity index (χ0) is 14.5. The van der Waals surface area contributed by atoms with E-state index in [1.165, 1.54) is 29.5 Å². The topological polar surface area (TPSA) is 58.2 Å². The van der Waals surface area contributed by atoms with Crippen molar-refractivity contribution in [3.05, 3.63) is 52.5 Å². The molecule has 2 amide bonds. The van der Waals surface area contributed by atoms with Crippen molar-refractivity contribution < 1.29 is 14.0 Å². The highest BCUT2D eigenvalue weighted by atomic mass is 32.1. The lowest BCUT2D eigenvalue weighted by Crippen LogP contribution is -2.41. The Morgan fingerprint density at radius 1 is 1.25 bits per heavy atom. The molecule has 1 heterocycles. The second kappa shape index (κ2) is 6.29. The van der Waals surface area contributed by atoms with Crippen LogP contribution in [0.15, 0.2) is 41.8 Å². The molecule has 1 aromatic carbocycles. The van der Waals surface area contributed by atoms with Gasteiger partial charge in [-0.15, -0.1) is 11.3 Å². The van der Waals surface area contributed by atoms with Gasteiger partial charge in [0.1, 0.15) is 11.9 Å². The Labute approximate surface area is 119 Å². The molecular formula is C14H13FN2O2S. The molecule has 0 unspecified atom stereocenters. The predicted molar refractivity (Wildman–Crippen MR) is 76.3 cm³/mol. The van der Waals surface area contributed by atoms with Crippen LogP contribution in [0.2, 0.25) is 0 Å². The maximum Gasteiger partial charge on any atom is 0.261 e. The number of hydrogen-bond acceptors (Lipinski definition) is 3. The largest absolute Gasteiger partial charge is 0.340 e. The summed E-state index contributed by atoms with van der Waals surface area (Å²) < 4.78 is 13.0. The van der Waals surface area contributed by atoms with Gasteiger partial charge in [-0.1, -0.05) is 12.1 Å². The number of rotatable bonds is 4. The second-order valence-electron chi connectivity index (χ2n) is 4.17. The lowest BCUT2D eigenvalue weighted by atomic mass is 10.2. The average Bonchev–Trinajstić information content (AvgIpc) is 2.92. The van der Waals surface area contributed by atoms with Crippen molar-refractivity contribution in [3.63, 3.8) is 0 Å². The Morgan fingerprint density at radius 2 is 2.05 bits per heavy atom. The van der Waals surface area contributed by atoms with Crippen molar-refractivity contribution in [2.24, 2.45) is 0 Å². The van der Waals surface area contributed by atoms with Gasteiger partial charge in [0.05, 0.1) is 4.88 Å². The fraction of sp³-hybridized carbons (Fsp3) is 0.143. The van der Waals surface area contributed by atoms with Crippen LogP contribution >= 0.6 is 11.3 Å². The first-order valence-electron chi connectivity index (χ1n) is 5.97. The highest BCUT2D eigenvalue weighted by molar-refractivity contribution is 7.12. The zero-order valence-electron chi connectivity index (χ0n) is 10.7. The number of anilines is 1. The number of thiophene rings is 1. The summed E-state index contributed by atoms with van der Waals surface area (Å²) in [6.45, 7) is 1.57. The highest BCUT2D eigenvalue weighted by Gasteiger charge is 2.17. The van der Waals surface area contributed by atoms with Gasteiger partial charge in [-0.3, -0.25) is 9.59 Å². The monoisotopic (exact) mass is 292 g/mol. The van der Waals surface area contributed by atoms with Crippen LogP contribution in [0.25, 0.3) is 0 Å². The number of hydrogen-bond donors (Lipinski definition) is 2. The molecule has 6 heteroatoms. The molecule has 1 aromatic heterocycles. The Balaban J connectivity index is 1.94. The van der Waals surface area contributed by atoms with E-state index in [-0.39, 0.29) is 5.91 Å². The summed E-state index contributed by atoms with van der Waals surface area (Å²) in [4.78, 5) is 24.2. The molecule has 0 aliphatic heterocycles. The average molecular weight is 292 g/mol. The van der Waals surface area contributed by atoms with E-state index in [1.54, 1.807) is 30.5 Å². The SMILES string of the molecule is C[C@H](NC(=O)c1cccs1)C(=O)Nc1cccc(F)c1. The van der Waals surface area contributed by atoms with Crippen LogP contribution < -0.4 is 10.6 Å². The molecule has 20 heavy (non-hydrogen) atoms. The summed E-state index contributed by atoms with van der Waals surface area (Å²) in [7, 11) is 0. The molecule has 0 bridgehead atoms. The number of amides is 2. The molecule has 0 radical (unpaired) electrons. The number of benzene rings is 1. The van der Waals surface area contributed by atoms with E-state index in [0.29, 0.717) is 10.6 Å². The van der Waals surface area contributed by atoms with Gasteiger partial charge in [-0.2, -0.15) is 0 Å². The van der Waals surface area contributed by atoms with E-state index in [9.17, 15) is 14.0 Å². The van der Waals surface area contributed by atoms with Crippen molar-refractivity contribution >= 4 is 28.8 Å². The summed E-state index contributed by atoms with van der Waals surface area (Å²) in [5, 5.41) is 6.91. The smallest absolute Gasteiger partial charge is 0.261 e. The number of halogens is 1. The minimum Gasteiger partial charge on any atom is -0.340 e. The van der Waals surface area contributed by atoms with Gasteiger partial charge in [-0.25, -0.2) is 4.39 Å². The van der Waals surface area contributed by atoms with E-state index in [0.717, 1.165) is 0 Å². The summed E-state index contributed by atoms with van der Waals surface area (Å²) in [6, 6.07) is 8.31. The molecule has 0 aliphatic rings. The van der Waals surface area contributed by atoms with Crippen molar-refractivity contribution in [2.75, 3.05) is 5.32 Å². The third kappa shape index (κ3) is 3.64. The van der Waals surface area contributed by atoms with Crippen LogP contribution in [0.3, 0.4) is 0 Å². The molecule has 2 rings (SSSR count). The first-order valence-corrected chi connectivity index (χ1v) is 6.85.